The number of nitrogens with one attached hydrogen (secondary N) is 2. The Morgan fingerprint density at radius 2 is 2.10 bits per heavy atom. The van der Waals surface area contributed by atoms with Crippen molar-refractivity contribution < 1.29 is 9.47 Å². The zero-order valence-corrected chi connectivity index (χ0v) is 20.2. The monoisotopic (exact) mass is 516 g/mol. The van der Waals surface area contributed by atoms with Crippen LogP contribution in [0.1, 0.15) is 38.2 Å². The van der Waals surface area contributed by atoms with Crippen LogP contribution < -0.4 is 15.5 Å². The highest BCUT2D eigenvalue weighted by molar-refractivity contribution is 14.0. The number of hydrogen-bond donors (Lipinski definition) is 2. The van der Waals surface area contributed by atoms with Crippen molar-refractivity contribution in [3.63, 3.8) is 0 Å². The molecule has 0 aliphatic carbocycles. The van der Waals surface area contributed by atoms with Crippen LogP contribution in [0.25, 0.3) is 0 Å². The highest BCUT2D eigenvalue weighted by Crippen LogP contribution is 2.20. The minimum Gasteiger partial charge on any atom is -0.379 e. The topological polar surface area (TPSA) is 58.1 Å². The average Bonchev–Trinajstić information content (AvgIpc) is 3.37. The van der Waals surface area contributed by atoms with E-state index in [1.54, 1.807) is 0 Å². The molecule has 0 spiro atoms. The Kier molecular flexibility index (Phi) is 11.1. The Bertz CT molecular complexity index is 605. The van der Waals surface area contributed by atoms with Crippen LogP contribution in [0.4, 0.5) is 5.69 Å². The molecule has 6 nitrogen and oxygen atoms in total. The van der Waals surface area contributed by atoms with Gasteiger partial charge in [-0.2, -0.15) is 0 Å². The standard InChI is InChI=1S/C22H36N4O2.HI/c1-3-23-22(24-12-5-14-27-17-21-6-4-15-28-21)25-19-11-13-26(16-19)20-9-7-18(2)8-10-20;/h7-10,19,21H,3-6,11-17H2,1-2H3,(H2,23,24,25);1H. The molecule has 0 amide bonds. The largest absolute Gasteiger partial charge is 0.379 e. The van der Waals surface area contributed by atoms with Gasteiger partial charge in [-0.1, -0.05) is 17.7 Å². The summed E-state index contributed by atoms with van der Waals surface area (Å²) < 4.78 is 11.3. The first-order valence-corrected chi connectivity index (χ1v) is 10.8. The molecule has 29 heavy (non-hydrogen) atoms. The van der Waals surface area contributed by atoms with Crippen LogP contribution in [-0.4, -0.2) is 64.1 Å². The van der Waals surface area contributed by atoms with Gasteiger partial charge in [0.1, 0.15) is 0 Å². The normalized spacial score (nSPS) is 21.9. The Balaban J connectivity index is 0.00000300. The quantitative estimate of drug-likeness (QED) is 0.228. The smallest absolute Gasteiger partial charge is 0.191 e. The maximum atomic E-state index is 5.72. The van der Waals surface area contributed by atoms with Crippen LogP contribution >= 0.6 is 24.0 Å². The second-order valence-electron chi connectivity index (χ2n) is 7.74. The third kappa shape index (κ3) is 8.30. The second kappa shape index (κ2) is 13.3. The van der Waals surface area contributed by atoms with Gasteiger partial charge in [-0.15, -0.1) is 24.0 Å². The molecule has 164 valence electrons. The lowest BCUT2D eigenvalue weighted by molar-refractivity contribution is 0.0171. The number of guanidine groups is 1. The zero-order valence-electron chi connectivity index (χ0n) is 17.9. The van der Waals surface area contributed by atoms with Crippen LogP contribution in [0.2, 0.25) is 0 Å². The summed E-state index contributed by atoms with van der Waals surface area (Å²) in [5.74, 6) is 0.914. The summed E-state index contributed by atoms with van der Waals surface area (Å²) in [6, 6.07) is 9.22. The number of hydrogen-bond acceptors (Lipinski definition) is 4. The number of aryl methyl sites for hydroxylation is 1. The lowest BCUT2D eigenvalue weighted by Crippen LogP contribution is -2.44. The predicted octanol–water partition coefficient (Wildman–Crippen LogP) is 3.33. The molecule has 2 fully saturated rings. The second-order valence-corrected chi connectivity index (χ2v) is 7.74. The highest BCUT2D eigenvalue weighted by Gasteiger charge is 2.23. The predicted molar refractivity (Wildman–Crippen MR) is 131 cm³/mol. The summed E-state index contributed by atoms with van der Waals surface area (Å²) in [6.07, 6.45) is 4.67. The van der Waals surface area contributed by atoms with Gasteiger partial charge in [-0.25, -0.2) is 0 Å². The molecule has 3 rings (SSSR count). The molecular weight excluding hydrogens is 479 g/mol. The SMILES string of the molecule is CCNC(=NCCCOCC1CCCO1)NC1CCN(c2ccc(C)cc2)C1.I. The van der Waals surface area contributed by atoms with E-state index in [1.807, 2.05) is 0 Å². The van der Waals surface area contributed by atoms with Crippen molar-refractivity contribution in [3.8, 4) is 0 Å². The van der Waals surface area contributed by atoms with Crippen molar-refractivity contribution in [2.24, 2.45) is 4.99 Å². The molecule has 2 unspecified atom stereocenters. The van der Waals surface area contributed by atoms with Gasteiger partial charge in [0.25, 0.3) is 0 Å². The van der Waals surface area contributed by atoms with Gasteiger partial charge < -0.3 is 25.0 Å². The Morgan fingerprint density at radius 3 is 2.83 bits per heavy atom. The van der Waals surface area contributed by atoms with Crippen LogP contribution in [0, 0.1) is 6.92 Å². The van der Waals surface area contributed by atoms with E-state index in [2.05, 4.69) is 53.6 Å². The Morgan fingerprint density at radius 1 is 1.28 bits per heavy atom. The molecule has 1 aromatic carbocycles. The molecule has 0 saturated carbocycles. The van der Waals surface area contributed by atoms with E-state index >= 15 is 0 Å². The molecule has 2 N–H and O–H groups in total. The highest BCUT2D eigenvalue weighted by atomic mass is 127. The van der Waals surface area contributed by atoms with Gasteiger partial charge in [0.15, 0.2) is 5.96 Å². The van der Waals surface area contributed by atoms with Crippen molar-refractivity contribution in [1.82, 2.24) is 10.6 Å². The Hall–Kier alpha value is -1.06. The van der Waals surface area contributed by atoms with E-state index in [4.69, 9.17) is 14.5 Å². The molecule has 7 heteroatoms. The van der Waals surface area contributed by atoms with Crippen molar-refractivity contribution in [1.29, 1.82) is 0 Å². The summed E-state index contributed by atoms with van der Waals surface area (Å²) in [7, 11) is 0. The summed E-state index contributed by atoms with van der Waals surface area (Å²) in [4.78, 5) is 7.16. The van der Waals surface area contributed by atoms with E-state index in [1.165, 1.54) is 17.7 Å². The van der Waals surface area contributed by atoms with Gasteiger partial charge in [0.05, 0.1) is 12.7 Å². The number of nitrogens with zero attached hydrogens (tertiary/aromatic N) is 2. The molecule has 2 aliphatic rings. The third-order valence-electron chi connectivity index (χ3n) is 5.32. The first kappa shape index (κ1) is 24.2. The molecule has 0 aromatic heterocycles. The molecule has 2 atom stereocenters. The summed E-state index contributed by atoms with van der Waals surface area (Å²) in [6.45, 7) is 10.3. The van der Waals surface area contributed by atoms with Crippen molar-refractivity contribution >= 4 is 35.6 Å². The number of benzene rings is 1. The first-order valence-electron chi connectivity index (χ1n) is 10.8. The lowest BCUT2D eigenvalue weighted by Gasteiger charge is -2.20. The minimum atomic E-state index is 0. The number of anilines is 1. The van der Waals surface area contributed by atoms with E-state index in [0.717, 1.165) is 71.2 Å². The van der Waals surface area contributed by atoms with Gasteiger partial charge in [0.2, 0.25) is 0 Å². The van der Waals surface area contributed by atoms with Crippen molar-refractivity contribution in [3.05, 3.63) is 29.8 Å². The molecule has 1 aromatic rings. The van der Waals surface area contributed by atoms with Crippen molar-refractivity contribution in [2.45, 2.75) is 51.7 Å². The average molecular weight is 516 g/mol. The fourth-order valence-electron chi connectivity index (χ4n) is 3.73. The lowest BCUT2D eigenvalue weighted by atomic mass is 10.2. The summed E-state index contributed by atoms with van der Waals surface area (Å²) >= 11 is 0. The fraction of sp³-hybridized carbons (Fsp3) is 0.682. The summed E-state index contributed by atoms with van der Waals surface area (Å²) in [5.41, 5.74) is 2.61. The fourth-order valence-corrected chi connectivity index (χ4v) is 3.73. The molecule has 2 saturated heterocycles. The molecule has 0 radical (unpaired) electrons. The van der Waals surface area contributed by atoms with Crippen LogP contribution in [0.15, 0.2) is 29.3 Å². The number of ether oxygens (including phenoxy) is 2. The molecule has 2 aliphatic heterocycles. The van der Waals surface area contributed by atoms with Gasteiger partial charge in [-0.3, -0.25) is 4.99 Å². The molecule has 0 bridgehead atoms. The summed E-state index contributed by atoms with van der Waals surface area (Å²) in [5, 5.41) is 6.97. The zero-order chi connectivity index (χ0) is 19.6. The Labute approximate surface area is 192 Å². The van der Waals surface area contributed by atoms with Crippen LogP contribution in [0.5, 0.6) is 0 Å². The van der Waals surface area contributed by atoms with Crippen LogP contribution in [0.3, 0.4) is 0 Å². The first-order chi connectivity index (χ1) is 13.7. The van der Waals surface area contributed by atoms with E-state index < -0.39 is 0 Å². The molecular formula is C22H37IN4O2. The van der Waals surface area contributed by atoms with Crippen LogP contribution in [-0.2, 0) is 9.47 Å². The van der Waals surface area contributed by atoms with Gasteiger partial charge in [-0.05, 0) is 51.7 Å². The third-order valence-corrected chi connectivity index (χ3v) is 5.32. The van der Waals surface area contributed by atoms with E-state index in [9.17, 15) is 0 Å². The van der Waals surface area contributed by atoms with E-state index in [-0.39, 0.29) is 24.0 Å². The van der Waals surface area contributed by atoms with E-state index in [0.29, 0.717) is 12.1 Å². The maximum absolute atomic E-state index is 5.72. The maximum Gasteiger partial charge on any atom is 0.191 e. The van der Waals surface area contributed by atoms with Gasteiger partial charge >= 0.3 is 0 Å². The van der Waals surface area contributed by atoms with Crippen molar-refractivity contribution in [2.75, 3.05) is 50.9 Å². The number of aliphatic imine (C=N–C) groups is 1. The number of rotatable bonds is 9. The van der Waals surface area contributed by atoms with Gasteiger partial charge in [0, 0.05) is 51.1 Å². The minimum absolute atomic E-state index is 0. The molecule has 2 heterocycles. The number of halogens is 1.